The molecule has 3 rings (SSSR count). The Morgan fingerprint density at radius 1 is 1.04 bits per heavy atom. The Bertz CT molecular complexity index is 498. The minimum absolute atomic E-state index is 0.00856. The number of hydrogen-bond acceptors (Lipinski definition) is 3. The first kappa shape index (κ1) is 21.6. The van der Waals surface area contributed by atoms with Crippen LogP contribution in [-0.4, -0.2) is 48.9 Å². The van der Waals surface area contributed by atoms with Crippen LogP contribution in [0.2, 0.25) is 0 Å². The topological polar surface area (TPSA) is 61.4 Å². The Morgan fingerprint density at radius 2 is 1.82 bits per heavy atom. The smallest absolute Gasteiger partial charge is 0.237 e. The third-order valence-corrected chi connectivity index (χ3v) is 7.10. The average Bonchev–Trinajstić information content (AvgIpc) is 3.27. The van der Waals surface area contributed by atoms with Crippen LogP contribution < -0.4 is 10.6 Å². The van der Waals surface area contributed by atoms with Gasteiger partial charge in [0.2, 0.25) is 11.8 Å². The van der Waals surface area contributed by atoms with Gasteiger partial charge in [0.05, 0.1) is 6.04 Å². The minimum atomic E-state index is -0.00856. The number of hydrogen-bond donors (Lipinski definition) is 2. The molecule has 2 aliphatic heterocycles. The molecule has 0 radical (unpaired) electrons. The van der Waals surface area contributed by atoms with E-state index in [-0.39, 0.29) is 17.9 Å². The van der Waals surface area contributed by atoms with Crippen LogP contribution in [0.15, 0.2) is 0 Å². The van der Waals surface area contributed by atoms with Crippen LogP contribution in [0.4, 0.5) is 0 Å². The van der Waals surface area contributed by atoms with Gasteiger partial charge in [0, 0.05) is 25.6 Å². The van der Waals surface area contributed by atoms with Crippen LogP contribution in [0, 0.1) is 17.8 Å². The van der Waals surface area contributed by atoms with Gasteiger partial charge in [-0.25, -0.2) is 0 Å². The molecule has 0 spiro atoms. The van der Waals surface area contributed by atoms with Crippen molar-refractivity contribution in [3.8, 4) is 0 Å². The zero-order valence-electron chi connectivity index (χ0n) is 17.9. The van der Waals surface area contributed by atoms with Gasteiger partial charge in [0.25, 0.3) is 0 Å². The monoisotopic (exact) mass is 391 g/mol. The summed E-state index contributed by atoms with van der Waals surface area (Å²) in [7, 11) is 0. The van der Waals surface area contributed by atoms with E-state index in [0.29, 0.717) is 18.4 Å². The maximum Gasteiger partial charge on any atom is 0.237 e. The predicted octanol–water partition coefficient (Wildman–Crippen LogP) is 3.48. The molecule has 3 aliphatic rings. The molecule has 2 saturated heterocycles. The molecule has 0 aromatic heterocycles. The summed E-state index contributed by atoms with van der Waals surface area (Å²) < 4.78 is 0. The van der Waals surface area contributed by atoms with Crippen LogP contribution in [-0.2, 0) is 9.59 Å². The van der Waals surface area contributed by atoms with Gasteiger partial charge in [0.15, 0.2) is 0 Å². The van der Waals surface area contributed by atoms with Crippen molar-refractivity contribution in [2.24, 2.45) is 17.8 Å². The lowest BCUT2D eigenvalue weighted by molar-refractivity contribution is -0.138. The Kier molecular flexibility index (Phi) is 8.63. The highest BCUT2D eigenvalue weighted by molar-refractivity contribution is 5.82. The summed E-state index contributed by atoms with van der Waals surface area (Å²) in [5, 5.41) is 6.40. The molecule has 3 atom stereocenters. The maximum absolute atomic E-state index is 13.3. The van der Waals surface area contributed by atoms with Gasteiger partial charge in [0.1, 0.15) is 0 Å². The van der Waals surface area contributed by atoms with Crippen molar-refractivity contribution in [2.75, 3.05) is 26.2 Å². The van der Waals surface area contributed by atoms with E-state index in [9.17, 15) is 9.59 Å². The molecule has 2 amide bonds. The lowest BCUT2D eigenvalue weighted by Crippen LogP contribution is -2.48. The van der Waals surface area contributed by atoms with Crippen molar-refractivity contribution in [3.63, 3.8) is 0 Å². The third kappa shape index (κ3) is 6.20. The molecule has 3 fully saturated rings. The molecule has 5 nitrogen and oxygen atoms in total. The number of rotatable bonds is 8. The lowest BCUT2D eigenvalue weighted by Gasteiger charge is -2.36. The van der Waals surface area contributed by atoms with Crippen LogP contribution in [0.25, 0.3) is 0 Å². The number of carbonyl (C=O) groups is 2. The SMILES string of the molecule is CCCC(CC1CCCCC1)C(=O)N1CCCC(CNC(=O)C2CCCN2)C1. The number of nitrogens with zero attached hydrogens (tertiary/aromatic N) is 1. The van der Waals surface area contributed by atoms with Gasteiger partial charge in [-0.1, -0.05) is 45.4 Å². The van der Waals surface area contributed by atoms with E-state index >= 15 is 0 Å². The molecule has 0 aromatic rings. The zero-order valence-corrected chi connectivity index (χ0v) is 17.9. The number of amides is 2. The lowest BCUT2D eigenvalue weighted by atomic mass is 9.81. The molecular formula is C23H41N3O2. The Hall–Kier alpha value is -1.10. The number of nitrogens with one attached hydrogen (secondary N) is 2. The van der Waals surface area contributed by atoms with E-state index in [1.807, 2.05) is 0 Å². The van der Waals surface area contributed by atoms with Crippen molar-refractivity contribution in [1.29, 1.82) is 0 Å². The van der Waals surface area contributed by atoms with E-state index in [2.05, 4.69) is 22.5 Å². The number of piperidine rings is 1. The fourth-order valence-electron chi connectivity index (χ4n) is 5.48. The van der Waals surface area contributed by atoms with E-state index < -0.39 is 0 Å². The highest BCUT2D eigenvalue weighted by atomic mass is 16.2. The second-order valence-electron chi connectivity index (χ2n) is 9.41. The molecule has 5 heteroatoms. The largest absolute Gasteiger partial charge is 0.354 e. The molecule has 28 heavy (non-hydrogen) atoms. The number of carbonyl (C=O) groups excluding carboxylic acids is 2. The van der Waals surface area contributed by atoms with Crippen molar-refractivity contribution >= 4 is 11.8 Å². The second-order valence-corrected chi connectivity index (χ2v) is 9.41. The standard InChI is InChI=1S/C23H41N3O2/c1-2-8-20(15-18-9-4-3-5-10-18)23(28)26-14-7-11-19(17-26)16-25-22(27)21-12-6-13-24-21/h18-21,24H,2-17H2,1H3,(H,25,27). The first-order valence-corrected chi connectivity index (χ1v) is 12.0. The van der Waals surface area contributed by atoms with Crippen LogP contribution >= 0.6 is 0 Å². The summed E-state index contributed by atoms with van der Waals surface area (Å²) in [4.78, 5) is 27.7. The van der Waals surface area contributed by atoms with E-state index in [0.717, 1.165) is 70.5 Å². The Morgan fingerprint density at radius 3 is 2.54 bits per heavy atom. The zero-order chi connectivity index (χ0) is 19.8. The van der Waals surface area contributed by atoms with Gasteiger partial charge in [-0.3, -0.25) is 9.59 Å². The molecule has 2 heterocycles. The van der Waals surface area contributed by atoms with E-state index in [1.54, 1.807) is 0 Å². The Balaban J connectivity index is 1.47. The molecular weight excluding hydrogens is 350 g/mol. The normalized spacial score (nSPS) is 27.5. The summed E-state index contributed by atoms with van der Waals surface area (Å²) in [6, 6.07) is -0.00856. The Labute approximate surface area is 171 Å². The van der Waals surface area contributed by atoms with Gasteiger partial charge in [-0.05, 0) is 56.9 Å². The van der Waals surface area contributed by atoms with Crippen molar-refractivity contribution in [1.82, 2.24) is 15.5 Å². The van der Waals surface area contributed by atoms with Crippen LogP contribution in [0.3, 0.4) is 0 Å². The highest BCUT2D eigenvalue weighted by Crippen LogP contribution is 2.32. The first-order valence-electron chi connectivity index (χ1n) is 12.0. The summed E-state index contributed by atoms with van der Waals surface area (Å²) in [6.45, 7) is 5.58. The molecule has 160 valence electrons. The van der Waals surface area contributed by atoms with Gasteiger partial charge < -0.3 is 15.5 Å². The van der Waals surface area contributed by atoms with Crippen LogP contribution in [0.5, 0.6) is 0 Å². The summed E-state index contributed by atoms with van der Waals surface area (Å²) in [6.07, 6.45) is 14.1. The first-order chi connectivity index (χ1) is 13.7. The molecule has 2 N–H and O–H groups in total. The van der Waals surface area contributed by atoms with E-state index in [1.165, 1.54) is 32.1 Å². The van der Waals surface area contributed by atoms with Crippen molar-refractivity contribution in [3.05, 3.63) is 0 Å². The number of likely N-dealkylation sites (tertiary alicyclic amines) is 1. The summed E-state index contributed by atoms with van der Waals surface area (Å²) >= 11 is 0. The minimum Gasteiger partial charge on any atom is -0.354 e. The van der Waals surface area contributed by atoms with E-state index in [4.69, 9.17) is 0 Å². The average molecular weight is 392 g/mol. The fraction of sp³-hybridized carbons (Fsp3) is 0.913. The van der Waals surface area contributed by atoms with Crippen LogP contribution in [0.1, 0.15) is 84.0 Å². The van der Waals surface area contributed by atoms with Crippen molar-refractivity contribution in [2.45, 2.75) is 90.0 Å². The summed E-state index contributed by atoms with van der Waals surface area (Å²) in [5.41, 5.74) is 0. The molecule has 0 aromatic carbocycles. The third-order valence-electron chi connectivity index (χ3n) is 7.10. The molecule has 3 unspecified atom stereocenters. The molecule has 1 aliphatic carbocycles. The summed E-state index contributed by atoms with van der Waals surface area (Å²) in [5.74, 6) is 1.90. The molecule has 0 bridgehead atoms. The maximum atomic E-state index is 13.3. The van der Waals surface area contributed by atoms with Gasteiger partial charge >= 0.3 is 0 Å². The fourth-order valence-corrected chi connectivity index (χ4v) is 5.48. The second kappa shape index (κ2) is 11.2. The highest BCUT2D eigenvalue weighted by Gasteiger charge is 2.31. The van der Waals surface area contributed by atoms with Crippen molar-refractivity contribution < 1.29 is 9.59 Å². The molecule has 1 saturated carbocycles. The predicted molar refractivity (Wildman–Crippen MR) is 113 cm³/mol. The van der Waals surface area contributed by atoms with Gasteiger partial charge in [-0.15, -0.1) is 0 Å². The van der Waals surface area contributed by atoms with Gasteiger partial charge in [-0.2, -0.15) is 0 Å². The quantitative estimate of drug-likeness (QED) is 0.666.